The standard InChI is InChI=1S/C10H18ClNO2/c1-5-9(11)14-10(13)6-8(4)12-7(2)3/h5,7-8,12H,6H2,1-4H3/b9-5+. The lowest BCUT2D eigenvalue weighted by atomic mass is 10.2. The van der Waals surface area contributed by atoms with Crippen molar-refractivity contribution in [3.63, 3.8) is 0 Å². The molecule has 3 nitrogen and oxygen atoms in total. The molecule has 0 fully saturated rings. The molecule has 0 bridgehead atoms. The van der Waals surface area contributed by atoms with E-state index in [1.807, 2.05) is 20.8 Å². The van der Waals surface area contributed by atoms with Gasteiger partial charge in [0.1, 0.15) is 0 Å². The van der Waals surface area contributed by atoms with Gasteiger partial charge in [-0.1, -0.05) is 13.8 Å². The van der Waals surface area contributed by atoms with Crippen molar-refractivity contribution in [1.82, 2.24) is 5.32 Å². The first-order valence-corrected chi connectivity index (χ1v) is 5.12. The molecule has 0 rings (SSSR count). The number of carbonyl (C=O) groups excluding carboxylic acids is 1. The van der Waals surface area contributed by atoms with Crippen molar-refractivity contribution in [3.05, 3.63) is 11.3 Å². The summed E-state index contributed by atoms with van der Waals surface area (Å²) in [6.07, 6.45) is 1.86. The summed E-state index contributed by atoms with van der Waals surface area (Å²) in [5.74, 6) is -0.311. The van der Waals surface area contributed by atoms with Gasteiger partial charge in [0.15, 0.2) is 5.22 Å². The van der Waals surface area contributed by atoms with Crippen LogP contribution in [0.4, 0.5) is 0 Å². The van der Waals surface area contributed by atoms with Crippen molar-refractivity contribution in [2.75, 3.05) is 0 Å². The van der Waals surface area contributed by atoms with E-state index in [2.05, 4.69) is 5.32 Å². The molecule has 0 aliphatic heterocycles. The van der Waals surface area contributed by atoms with Crippen LogP contribution in [0.5, 0.6) is 0 Å². The fourth-order valence-electron chi connectivity index (χ4n) is 1.09. The van der Waals surface area contributed by atoms with E-state index < -0.39 is 0 Å². The Labute approximate surface area is 90.5 Å². The second-order valence-electron chi connectivity index (χ2n) is 3.49. The monoisotopic (exact) mass is 219 g/mol. The molecule has 1 atom stereocenters. The minimum atomic E-state index is -0.311. The summed E-state index contributed by atoms with van der Waals surface area (Å²) in [5, 5.41) is 3.33. The van der Waals surface area contributed by atoms with E-state index in [4.69, 9.17) is 16.3 Å². The summed E-state index contributed by atoms with van der Waals surface area (Å²) in [6, 6.07) is 0.457. The Hall–Kier alpha value is -0.540. The molecule has 0 radical (unpaired) electrons. The topological polar surface area (TPSA) is 38.3 Å². The maximum atomic E-state index is 11.2. The highest BCUT2D eigenvalue weighted by Gasteiger charge is 2.11. The molecule has 0 amide bonds. The van der Waals surface area contributed by atoms with Gasteiger partial charge in [0.25, 0.3) is 0 Å². The summed E-state index contributed by atoms with van der Waals surface area (Å²) in [7, 11) is 0. The number of esters is 1. The van der Waals surface area contributed by atoms with Crippen LogP contribution < -0.4 is 5.32 Å². The lowest BCUT2D eigenvalue weighted by Gasteiger charge is -2.15. The van der Waals surface area contributed by atoms with Gasteiger partial charge >= 0.3 is 5.97 Å². The lowest BCUT2D eigenvalue weighted by molar-refractivity contribution is -0.139. The van der Waals surface area contributed by atoms with E-state index in [1.165, 1.54) is 0 Å². The molecule has 82 valence electrons. The highest BCUT2D eigenvalue weighted by Crippen LogP contribution is 2.06. The SMILES string of the molecule is C/C=C(\Cl)OC(=O)CC(C)NC(C)C. The van der Waals surface area contributed by atoms with E-state index in [-0.39, 0.29) is 17.2 Å². The molecular formula is C10H18ClNO2. The Kier molecular flexibility index (Phi) is 6.58. The number of ether oxygens (including phenoxy) is 1. The van der Waals surface area contributed by atoms with E-state index in [9.17, 15) is 4.79 Å². The van der Waals surface area contributed by atoms with Gasteiger partial charge in [-0.15, -0.1) is 0 Å². The summed E-state index contributed by atoms with van der Waals surface area (Å²) < 4.78 is 4.80. The Morgan fingerprint density at radius 1 is 1.50 bits per heavy atom. The predicted octanol–water partition coefficient (Wildman–Crippen LogP) is 2.41. The van der Waals surface area contributed by atoms with Gasteiger partial charge in [0, 0.05) is 12.1 Å². The Balaban J connectivity index is 3.82. The van der Waals surface area contributed by atoms with E-state index in [0.717, 1.165) is 0 Å². The van der Waals surface area contributed by atoms with E-state index >= 15 is 0 Å². The third-order valence-corrected chi connectivity index (χ3v) is 1.82. The zero-order valence-electron chi connectivity index (χ0n) is 9.13. The number of nitrogens with one attached hydrogen (secondary N) is 1. The van der Waals surface area contributed by atoms with Crippen molar-refractivity contribution >= 4 is 17.6 Å². The Morgan fingerprint density at radius 2 is 2.07 bits per heavy atom. The van der Waals surface area contributed by atoms with Crippen LogP contribution in [-0.2, 0) is 9.53 Å². The summed E-state index contributed by atoms with van der Waals surface area (Å²) in [6.45, 7) is 7.71. The third kappa shape index (κ3) is 6.92. The summed E-state index contributed by atoms with van der Waals surface area (Å²) in [5.41, 5.74) is 0. The lowest BCUT2D eigenvalue weighted by Crippen LogP contribution is -2.34. The Morgan fingerprint density at radius 3 is 2.50 bits per heavy atom. The molecule has 0 aliphatic rings. The van der Waals surface area contributed by atoms with Gasteiger partial charge in [-0.25, -0.2) is 0 Å². The molecule has 0 aromatic heterocycles. The van der Waals surface area contributed by atoms with Crippen LogP contribution in [0.2, 0.25) is 0 Å². The van der Waals surface area contributed by atoms with Crippen molar-refractivity contribution in [1.29, 1.82) is 0 Å². The molecule has 0 aromatic carbocycles. The van der Waals surface area contributed by atoms with E-state index in [1.54, 1.807) is 13.0 Å². The van der Waals surface area contributed by atoms with Crippen LogP contribution in [0.1, 0.15) is 34.1 Å². The van der Waals surface area contributed by atoms with Crippen molar-refractivity contribution in [3.8, 4) is 0 Å². The molecule has 0 saturated carbocycles. The van der Waals surface area contributed by atoms with Crippen molar-refractivity contribution < 1.29 is 9.53 Å². The number of hydrogen-bond acceptors (Lipinski definition) is 3. The van der Waals surface area contributed by atoms with Crippen molar-refractivity contribution in [2.45, 2.75) is 46.2 Å². The van der Waals surface area contributed by atoms with Crippen LogP contribution in [0.3, 0.4) is 0 Å². The molecule has 0 spiro atoms. The minimum absolute atomic E-state index is 0.101. The van der Waals surface area contributed by atoms with Crippen LogP contribution in [0.25, 0.3) is 0 Å². The average Bonchev–Trinajstić information content (AvgIpc) is 2.01. The number of rotatable bonds is 5. The highest BCUT2D eigenvalue weighted by molar-refractivity contribution is 6.28. The average molecular weight is 220 g/mol. The van der Waals surface area contributed by atoms with Gasteiger partial charge in [-0.05, 0) is 31.5 Å². The molecule has 0 saturated heterocycles. The highest BCUT2D eigenvalue weighted by atomic mass is 35.5. The van der Waals surface area contributed by atoms with Crippen molar-refractivity contribution in [2.24, 2.45) is 0 Å². The molecule has 0 aliphatic carbocycles. The maximum absolute atomic E-state index is 11.2. The zero-order chi connectivity index (χ0) is 11.1. The van der Waals surface area contributed by atoms with Crippen LogP contribution in [0, 0.1) is 0 Å². The third-order valence-electron chi connectivity index (χ3n) is 1.53. The first-order valence-electron chi connectivity index (χ1n) is 4.74. The normalized spacial score (nSPS) is 14.3. The summed E-state index contributed by atoms with van der Waals surface area (Å²) >= 11 is 5.55. The molecular weight excluding hydrogens is 202 g/mol. The second kappa shape index (κ2) is 6.85. The molecule has 1 unspecified atom stereocenters. The van der Waals surface area contributed by atoms with Gasteiger partial charge in [-0.2, -0.15) is 0 Å². The molecule has 0 aromatic rings. The predicted molar refractivity (Wildman–Crippen MR) is 58.1 cm³/mol. The van der Waals surface area contributed by atoms with Crippen LogP contribution in [0.15, 0.2) is 11.3 Å². The first kappa shape index (κ1) is 13.5. The van der Waals surface area contributed by atoms with Gasteiger partial charge < -0.3 is 10.1 Å². The smallest absolute Gasteiger partial charge is 0.313 e. The quantitative estimate of drug-likeness (QED) is 0.570. The summed E-state index contributed by atoms with van der Waals surface area (Å²) in [4.78, 5) is 11.2. The van der Waals surface area contributed by atoms with Gasteiger partial charge in [0.2, 0.25) is 0 Å². The first-order chi connectivity index (χ1) is 6.45. The Bertz CT molecular complexity index is 214. The molecule has 0 heterocycles. The molecule has 4 heteroatoms. The van der Waals surface area contributed by atoms with Crippen LogP contribution >= 0.6 is 11.6 Å². The largest absolute Gasteiger partial charge is 0.414 e. The molecule has 1 N–H and O–H groups in total. The minimum Gasteiger partial charge on any atom is -0.414 e. The molecule has 14 heavy (non-hydrogen) atoms. The van der Waals surface area contributed by atoms with Gasteiger partial charge in [0.05, 0.1) is 6.42 Å². The number of hydrogen-bond donors (Lipinski definition) is 1. The van der Waals surface area contributed by atoms with Gasteiger partial charge in [-0.3, -0.25) is 4.79 Å². The number of halogens is 1. The fraction of sp³-hybridized carbons (Fsp3) is 0.700. The van der Waals surface area contributed by atoms with Crippen LogP contribution in [-0.4, -0.2) is 18.1 Å². The number of carbonyl (C=O) groups is 1. The zero-order valence-corrected chi connectivity index (χ0v) is 9.89. The maximum Gasteiger partial charge on any atom is 0.313 e. The van der Waals surface area contributed by atoms with E-state index in [0.29, 0.717) is 12.5 Å². The second-order valence-corrected chi connectivity index (χ2v) is 3.87. The number of allylic oxidation sites excluding steroid dienone is 1. The fourth-order valence-corrected chi connectivity index (χ4v) is 1.17.